The minimum atomic E-state index is -4.12. The molecule has 3 rings (SSSR count). The summed E-state index contributed by atoms with van der Waals surface area (Å²) in [4.78, 5) is 56.6. The molecule has 3 amide bonds. The molecule has 42 heavy (non-hydrogen) atoms. The fourth-order valence-electron chi connectivity index (χ4n) is 4.59. The van der Waals surface area contributed by atoms with Crippen molar-refractivity contribution in [2.24, 2.45) is 5.92 Å². The highest BCUT2D eigenvalue weighted by atomic mass is 31.2. The summed E-state index contributed by atoms with van der Waals surface area (Å²) in [6, 6.07) is 19.0. The minimum Gasteiger partial charge on any atom is -0.343 e. The van der Waals surface area contributed by atoms with Gasteiger partial charge in [0.05, 0.1) is 0 Å². The number of aromatic nitrogens is 1. The van der Waals surface area contributed by atoms with Crippen molar-refractivity contribution >= 4 is 30.9 Å². The molecule has 0 aliphatic rings. The van der Waals surface area contributed by atoms with Crippen molar-refractivity contribution in [3.63, 3.8) is 0 Å². The molecule has 1 heterocycles. The van der Waals surface area contributed by atoms with Gasteiger partial charge in [-0.25, -0.2) is 4.98 Å². The van der Waals surface area contributed by atoms with E-state index in [-0.39, 0.29) is 24.1 Å². The Balaban J connectivity index is 1.80. The third-order valence-electron chi connectivity index (χ3n) is 6.85. The van der Waals surface area contributed by atoms with Crippen molar-refractivity contribution in [2.75, 3.05) is 24.6 Å². The SMILES string of the molecule is CCCN(CCC)C(=O)c1cccc(C(=O)N[C@@H](Cc2ccccc2)P(=O)(O)CC(C)C(=O)Nc2ccc(C)cn2)c1. The standard InChI is InChI=1S/C32H41N4O5P/c1-5-17-36(18-6-2)32(39)27-14-10-13-26(20-27)31(38)35-29(19-25-11-8-7-9-12-25)42(40,41)22-24(4)30(37)34-28-16-15-23(3)21-33-28/h7-16,20-21,24,29H,5-6,17-19,22H2,1-4H3,(H,35,38)(H,40,41)(H,33,34,37)/t24?,29-/m1/s1. The molecule has 3 aromatic rings. The van der Waals surface area contributed by atoms with Crippen LogP contribution in [-0.4, -0.2) is 57.5 Å². The number of benzene rings is 2. The molecule has 224 valence electrons. The lowest BCUT2D eigenvalue weighted by atomic mass is 10.1. The summed E-state index contributed by atoms with van der Waals surface area (Å²) < 4.78 is 13.8. The van der Waals surface area contributed by atoms with Gasteiger partial charge in [-0.05, 0) is 55.2 Å². The van der Waals surface area contributed by atoms with Crippen LogP contribution in [0.1, 0.15) is 65.5 Å². The van der Waals surface area contributed by atoms with Gasteiger partial charge in [0.25, 0.3) is 11.8 Å². The summed E-state index contributed by atoms with van der Waals surface area (Å²) in [6.07, 6.45) is 3.00. The molecule has 2 aromatic carbocycles. The van der Waals surface area contributed by atoms with E-state index < -0.39 is 30.9 Å². The highest BCUT2D eigenvalue weighted by Crippen LogP contribution is 2.48. The number of hydrogen-bond donors (Lipinski definition) is 3. The Hall–Kier alpha value is -3.81. The molecule has 0 spiro atoms. The van der Waals surface area contributed by atoms with E-state index in [2.05, 4.69) is 15.6 Å². The number of anilines is 1. The summed E-state index contributed by atoms with van der Waals surface area (Å²) in [5.74, 6) is -2.81. The predicted octanol–water partition coefficient (Wildman–Crippen LogP) is 5.50. The van der Waals surface area contributed by atoms with E-state index in [1.807, 2.05) is 57.2 Å². The van der Waals surface area contributed by atoms with E-state index in [0.29, 0.717) is 24.5 Å². The molecule has 3 atom stereocenters. The molecule has 0 aliphatic heterocycles. The lowest BCUT2D eigenvalue weighted by Gasteiger charge is -2.26. The first-order valence-corrected chi connectivity index (χ1v) is 16.2. The average molecular weight is 593 g/mol. The Labute approximate surface area is 248 Å². The van der Waals surface area contributed by atoms with Gasteiger partial charge >= 0.3 is 0 Å². The van der Waals surface area contributed by atoms with Crippen LogP contribution in [0.15, 0.2) is 72.9 Å². The van der Waals surface area contributed by atoms with Crippen molar-refractivity contribution in [1.82, 2.24) is 15.2 Å². The molecule has 0 saturated heterocycles. The second-order valence-electron chi connectivity index (χ2n) is 10.6. The van der Waals surface area contributed by atoms with Gasteiger partial charge in [0.1, 0.15) is 11.6 Å². The number of aryl methyl sites for hydroxylation is 1. The maximum Gasteiger partial charge on any atom is 0.253 e. The first kappa shape index (κ1) is 32.7. The Kier molecular flexibility index (Phi) is 12.0. The monoisotopic (exact) mass is 592 g/mol. The second kappa shape index (κ2) is 15.4. The summed E-state index contributed by atoms with van der Waals surface area (Å²) >= 11 is 0. The smallest absolute Gasteiger partial charge is 0.253 e. The molecular formula is C32H41N4O5P. The molecule has 1 aromatic heterocycles. The van der Waals surface area contributed by atoms with Crippen LogP contribution >= 0.6 is 7.37 Å². The molecule has 10 heteroatoms. The highest BCUT2D eigenvalue weighted by Gasteiger charge is 2.36. The number of pyridine rings is 1. The van der Waals surface area contributed by atoms with Crippen molar-refractivity contribution in [1.29, 1.82) is 0 Å². The molecule has 3 N–H and O–H groups in total. The fourth-order valence-corrected chi connectivity index (χ4v) is 6.61. The molecule has 0 fully saturated rings. The third kappa shape index (κ3) is 9.36. The Morgan fingerprint density at radius 3 is 2.24 bits per heavy atom. The van der Waals surface area contributed by atoms with Crippen LogP contribution in [0.4, 0.5) is 5.82 Å². The Morgan fingerprint density at radius 2 is 1.62 bits per heavy atom. The first-order chi connectivity index (χ1) is 20.0. The second-order valence-corrected chi connectivity index (χ2v) is 13.1. The van der Waals surface area contributed by atoms with E-state index in [1.54, 1.807) is 42.3 Å². The number of nitrogens with zero attached hydrogens (tertiary/aromatic N) is 2. The minimum absolute atomic E-state index is 0.0909. The quantitative estimate of drug-likeness (QED) is 0.212. The van der Waals surface area contributed by atoms with Crippen LogP contribution in [0, 0.1) is 12.8 Å². The Morgan fingerprint density at radius 1 is 0.952 bits per heavy atom. The van der Waals surface area contributed by atoms with E-state index in [9.17, 15) is 23.8 Å². The average Bonchev–Trinajstić information content (AvgIpc) is 2.97. The van der Waals surface area contributed by atoms with Crippen molar-refractivity contribution in [3.8, 4) is 0 Å². The molecule has 0 radical (unpaired) electrons. The molecular weight excluding hydrogens is 551 g/mol. The molecule has 9 nitrogen and oxygen atoms in total. The zero-order valence-electron chi connectivity index (χ0n) is 24.7. The summed E-state index contributed by atoms with van der Waals surface area (Å²) in [5.41, 5.74) is 2.29. The van der Waals surface area contributed by atoms with Crippen LogP contribution < -0.4 is 10.6 Å². The lowest BCUT2D eigenvalue weighted by Crippen LogP contribution is -2.38. The van der Waals surface area contributed by atoms with E-state index in [0.717, 1.165) is 24.0 Å². The summed E-state index contributed by atoms with van der Waals surface area (Å²) in [5, 5.41) is 5.43. The predicted molar refractivity (Wildman–Crippen MR) is 166 cm³/mol. The molecule has 0 saturated carbocycles. The van der Waals surface area contributed by atoms with Gasteiger partial charge in [-0.3, -0.25) is 18.9 Å². The summed E-state index contributed by atoms with van der Waals surface area (Å²) in [6.45, 7) is 8.68. The first-order valence-electron chi connectivity index (χ1n) is 14.3. The highest BCUT2D eigenvalue weighted by molar-refractivity contribution is 7.58. The molecule has 2 unspecified atom stereocenters. The van der Waals surface area contributed by atoms with Crippen LogP contribution in [0.2, 0.25) is 0 Å². The number of carbonyl (C=O) groups excluding carboxylic acids is 3. The Bertz CT molecular complexity index is 1390. The van der Waals surface area contributed by atoms with Gasteiger partial charge in [-0.15, -0.1) is 0 Å². The normalized spacial score (nSPS) is 13.8. The van der Waals surface area contributed by atoms with E-state index in [1.165, 1.54) is 6.07 Å². The molecule has 0 bridgehead atoms. The summed E-state index contributed by atoms with van der Waals surface area (Å²) in [7, 11) is -4.12. The number of amides is 3. The maximum atomic E-state index is 13.8. The third-order valence-corrected chi connectivity index (χ3v) is 9.20. The largest absolute Gasteiger partial charge is 0.343 e. The van der Waals surface area contributed by atoms with Gasteiger partial charge in [0, 0.05) is 48.9 Å². The van der Waals surface area contributed by atoms with Gasteiger partial charge in [-0.2, -0.15) is 0 Å². The van der Waals surface area contributed by atoms with Crippen LogP contribution in [-0.2, 0) is 15.8 Å². The van der Waals surface area contributed by atoms with Crippen molar-refractivity contribution < 1.29 is 23.8 Å². The number of rotatable bonds is 14. The lowest BCUT2D eigenvalue weighted by molar-refractivity contribution is -0.118. The van der Waals surface area contributed by atoms with Crippen LogP contribution in [0.3, 0.4) is 0 Å². The van der Waals surface area contributed by atoms with Gasteiger partial charge < -0.3 is 20.4 Å². The van der Waals surface area contributed by atoms with Crippen molar-refractivity contribution in [3.05, 3.63) is 95.2 Å². The van der Waals surface area contributed by atoms with Gasteiger partial charge in [0.15, 0.2) is 0 Å². The van der Waals surface area contributed by atoms with Gasteiger partial charge in [-0.1, -0.05) is 63.2 Å². The zero-order chi connectivity index (χ0) is 30.7. The molecule has 0 aliphatic carbocycles. The van der Waals surface area contributed by atoms with Crippen LogP contribution in [0.25, 0.3) is 0 Å². The number of carbonyl (C=O) groups is 3. The maximum absolute atomic E-state index is 13.8. The number of hydrogen-bond acceptors (Lipinski definition) is 5. The van der Waals surface area contributed by atoms with Crippen molar-refractivity contribution in [2.45, 2.75) is 52.7 Å². The zero-order valence-corrected chi connectivity index (χ0v) is 25.6. The van der Waals surface area contributed by atoms with E-state index >= 15 is 0 Å². The van der Waals surface area contributed by atoms with Crippen LogP contribution in [0.5, 0.6) is 0 Å². The fraction of sp³-hybridized carbons (Fsp3) is 0.375. The van der Waals surface area contributed by atoms with E-state index in [4.69, 9.17) is 0 Å². The topological polar surface area (TPSA) is 129 Å². The van der Waals surface area contributed by atoms with Gasteiger partial charge in [0.2, 0.25) is 13.3 Å². The number of nitrogens with one attached hydrogen (secondary N) is 2.